The maximum atomic E-state index is 13.6. The summed E-state index contributed by atoms with van der Waals surface area (Å²) in [6.07, 6.45) is 1.73. The molecule has 1 aromatic rings. The van der Waals surface area contributed by atoms with E-state index >= 15 is 0 Å². The number of carboxylic acid groups (broad SMARTS) is 1. The summed E-state index contributed by atoms with van der Waals surface area (Å²) in [4.78, 5) is 10.9. The van der Waals surface area contributed by atoms with Crippen LogP contribution >= 0.6 is 15.9 Å². The van der Waals surface area contributed by atoms with Crippen molar-refractivity contribution in [3.8, 4) is 0 Å². The molecule has 1 saturated carbocycles. The molecule has 2 rings (SSSR count). The Balaban J connectivity index is 1.92. The standard InChI is InChI=1S/C14H17BrFNO3/c15-10-1-2-12(11(16)7-10)17-8-14(20)5-3-9(4-6-14)13(18)19/h1-2,7,9,17,20H,3-6,8H2,(H,18,19). The first-order valence-electron chi connectivity index (χ1n) is 6.54. The van der Waals surface area contributed by atoms with Gasteiger partial charge in [-0.1, -0.05) is 15.9 Å². The SMILES string of the molecule is O=C(O)C1CCC(O)(CNc2ccc(Br)cc2F)CC1. The average Bonchev–Trinajstić information content (AvgIpc) is 2.38. The molecule has 110 valence electrons. The van der Waals surface area contributed by atoms with Crippen LogP contribution in [0, 0.1) is 11.7 Å². The van der Waals surface area contributed by atoms with Crippen molar-refractivity contribution in [3.63, 3.8) is 0 Å². The third kappa shape index (κ3) is 3.70. The fourth-order valence-electron chi connectivity index (χ4n) is 2.47. The molecule has 0 amide bonds. The summed E-state index contributed by atoms with van der Waals surface area (Å²) in [5, 5.41) is 22.2. The topological polar surface area (TPSA) is 69.6 Å². The molecule has 1 aliphatic rings. The quantitative estimate of drug-likeness (QED) is 0.784. The zero-order chi connectivity index (χ0) is 14.8. The molecule has 0 unspecified atom stereocenters. The normalized spacial score (nSPS) is 26.2. The van der Waals surface area contributed by atoms with Gasteiger partial charge >= 0.3 is 5.97 Å². The number of carbonyl (C=O) groups is 1. The highest BCUT2D eigenvalue weighted by molar-refractivity contribution is 9.10. The van der Waals surface area contributed by atoms with Gasteiger partial charge in [0.15, 0.2) is 0 Å². The van der Waals surface area contributed by atoms with E-state index in [4.69, 9.17) is 5.11 Å². The third-order valence-electron chi connectivity index (χ3n) is 3.80. The average molecular weight is 346 g/mol. The molecule has 0 heterocycles. The van der Waals surface area contributed by atoms with Gasteiger partial charge in [-0.25, -0.2) is 4.39 Å². The van der Waals surface area contributed by atoms with Crippen LogP contribution < -0.4 is 5.32 Å². The van der Waals surface area contributed by atoms with Crippen molar-refractivity contribution < 1.29 is 19.4 Å². The molecule has 1 aromatic carbocycles. The van der Waals surface area contributed by atoms with Crippen LogP contribution in [-0.4, -0.2) is 28.3 Å². The van der Waals surface area contributed by atoms with Crippen LogP contribution in [0.15, 0.2) is 22.7 Å². The zero-order valence-corrected chi connectivity index (χ0v) is 12.5. The molecule has 0 radical (unpaired) electrons. The fraction of sp³-hybridized carbons (Fsp3) is 0.500. The summed E-state index contributed by atoms with van der Waals surface area (Å²) < 4.78 is 14.3. The Morgan fingerprint density at radius 1 is 1.45 bits per heavy atom. The van der Waals surface area contributed by atoms with E-state index in [-0.39, 0.29) is 18.3 Å². The molecule has 0 atom stereocenters. The second-order valence-electron chi connectivity index (χ2n) is 5.31. The van der Waals surface area contributed by atoms with Gasteiger partial charge < -0.3 is 15.5 Å². The number of rotatable bonds is 4. The maximum absolute atomic E-state index is 13.6. The van der Waals surface area contributed by atoms with E-state index in [1.165, 1.54) is 6.07 Å². The molecular formula is C14H17BrFNO3. The molecule has 0 spiro atoms. The predicted molar refractivity (Wildman–Crippen MR) is 77.1 cm³/mol. The van der Waals surface area contributed by atoms with E-state index in [2.05, 4.69) is 21.2 Å². The molecule has 1 fully saturated rings. The summed E-state index contributed by atoms with van der Waals surface area (Å²) in [6, 6.07) is 4.68. The highest BCUT2D eigenvalue weighted by atomic mass is 79.9. The van der Waals surface area contributed by atoms with Crippen LogP contribution in [0.3, 0.4) is 0 Å². The minimum atomic E-state index is -0.967. The number of aliphatic hydroxyl groups is 1. The molecule has 4 nitrogen and oxygen atoms in total. The van der Waals surface area contributed by atoms with Crippen molar-refractivity contribution in [2.24, 2.45) is 5.92 Å². The van der Waals surface area contributed by atoms with Crippen LogP contribution in [0.1, 0.15) is 25.7 Å². The lowest BCUT2D eigenvalue weighted by Gasteiger charge is -2.35. The Bertz CT molecular complexity index is 501. The van der Waals surface area contributed by atoms with Crippen LogP contribution in [0.25, 0.3) is 0 Å². The number of hydrogen-bond acceptors (Lipinski definition) is 3. The van der Waals surface area contributed by atoms with Crippen molar-refractivity contribution in [1.82, 2.24) is 0 Å². The monoisotopic (exact) mass is 345 g/mol. The molecular weight excluding hydrogens is 329 g/mol. The first-order chi connectivity index (χ1) is 9.39. The highest BCUT2D eigenvalue weighted by Gasteiger charge is 2.35. The van der Waals surface area contributed by atoms with E-state index in [9.17, 15) is 14.3 Å². The number of benzene rings is 1. The number of aliphatic carboxylic acids is 1. The predicted octanol–water partition coefficient (Wildman–Crippen LogP) is 3.01. The Morgan fingerprint density at radius 2 is 2.10 bits per heavy atom. The summed E-state index contributed by atoms with van der Waals surface area (Å²) in [5.41, 5.74) is -0.632. The van der Waals surface area contributed by atoms with Gasteiger partial charge in [-0.15, -0.1) is 0 Å². The Labute approximate surface area is 125 Å². The second-order valence-corrected chi connectivity index (χ2v) is 6.23. The minimum Gasteiger partial charge on any atom is -0.481 e. The van der Waals surface area contributed by atoms with Crippen LogP contribution in [0.2, 0.25) is 0 Å². The van der Waals surface area contributed by atoms with Crippen molar-refractivity contribution in [1.29, 1.82) is 0 Å². The van der Waals surface area contributed by atoms with Gasteiger partial charge in [-0.05, 0) is 43.9 Å². The van der Waals surface area contributed by atoms with E-state index < -0.39 is 11.6 Å². The van der Waals surface area contributed by atoms with Crippen molar-refractivity contribution in [2.45, 2.75) is 31.3 Å². The summed E-state index contributed by atoms with van der Waals surface area (Å²) in [7, 11) is 0. The van der Waals surface area contributed by atoms with Crippen LogP contribution in [-0.2, 0) is 4.79 Å². The summed E-state index contributed by atoms with van der Waals surface area (Å²) in [6.45, 7) is 0.220. The Hall–Kier alpha value is -1.14. The lowest BCUT2D eigenvalue weighted by molar-refractivity contribution is -0.144. The smallest absolute Gasteiger partial charge is 0.306 e. The molecule has 0 saturated heterocycles. The van der Waals surface area contributed by atoms with Crippen LogP contribution in [0.4, 0.5) is 10.1 Å². The van der Waals surface area contributed by atoms with Gasteiger partial charge in [0.2, 0.25) is 0 Å². The Kier molecular flexibility index (Phi) is 4.65. The van der Waals surface area contributed by atoms with E-state index in [0.717, 1.165) is 0 Å². The number of hydrogen-bond donors (Lipinski definition) is 3. The van der Waals surface area contributed by atoms with Crippen molar-refractivity contribution in [3.05, 3.63) is 28.5 Å². The highest BCUT2D eigenvalue weighted by Crippen LogP contribution is 2.32. The molecule has 6 heteroatoms. The lowest BCUT2D eigenvalue weighted by atomic mass is 9.79. The second kappa shape index (κ2) is 6.10. The molecule has 0 bridgehead atoms. The van der Waals surface area contributed by atoms with E-state index in [1.807, 2.05) is 0 Å². The fourth-order valence-corrected chi connectivity index (χ4v) is 2.80. The van der Waals surface area contributed by atoms with Crippen molar-refractivity contribution in [2.75, 3.05) is 11.9 Å². The van der Waals surface area contributed by atoms with Gasteiger partial charge in [-0.3, -0.25) is 4.79 Å². The molecule has 3 N–H and O–H groups in total. The molecule has 0 aliphatic heterocycles. The maximum Gasteiger partial charge on any atom is 0.306 e. The zero-order valence-electron chi connectivity index (χ0n) is 10.9. The molecule has 0 aromatic heterocycles. The largest absolute Gasteiger partial charge is 0.481 e. The Morgan fingerprint density at radius 3 is 2.65 bits per heavy atom. The lowest BCUT2D eigenvalue weighted by Crippen LogP contribution is -2.41. The van der Waals surface area contributed by atoms with E-state index in [1.54, 1.807) is 12.1 Å². The first-order valence-corrected chi connectivity index (χ1v) is 7.33. The molecule has 1 aliphatic carbocycles. The molecule has 20 heavy (non-hydrogen) atoms. The summed E-state index contributed by atoms with van der Waals surface area (Å²) in [5.74, 6) is -1.57. The summed E-state index contributed by atoms with van der Waals surface area (Å²) >= 11 is 3.18. The third-order valence-corrected chi connectivity index (χ3v) is 4.30. The van der Waals surface area contributed by atoms with E-state index in [0.29, 0.717) is 35.8 Å². The van der Waals surface area contributed by atoms with Crippen LogP contribution in [0.5, 0.6) is 0 Å². The number of carboxylic acids is 1. The van der Waals surface area contributed by atoms with Gasteiger partial charge in [-0.2, -0.15) is 0 Å². The first kappa shape index (κ1) is 15.3. The van der Waals surface area contributed by atoms with Gasteiger partial charge in [0, 0.05) is 11.0 Å². The van der Waals surface area contributed by atoms with Gasteiger partial charge in [0.25, 0.3) is 0 Å². The minimum absolute atomic E-state index is 0.220. The number of anilines is 1. The van der Waals surface area contributed by atoms with Gasteiger partial charge in [0.1, 0.15) is 5.82 Å². The number of nitrogens with one attached hydrogen (secondary N) is 1. The van der Waals surface area contributed by atoms with Gasteiger partial charge in [0.05, 0.1) is 17.2 Å². The number of halogens is 2. The van der Waals surface area contributed by atoms with Crippen molar-refractivity contribution >= 4 is 27.6 Å².